The lowest BCUT2D eigenvalue weighted by Gasteiger charge is -2.17. The molecule has 0 saturated heterocycles. The summed E-state index contributed by atoms with van der Waals surface area (Å²) in [5.41, 5.74) is 1.62. The molecule has 4 nitrogen and oxygen atoms in total. The Hall–Kier alpha value is -1.84. The zero-order valence-corrected chi connectivity index (χ0v) is 11.6. The molecule has 0 fully saturated rings. The number of carbonyl (C=O) groups excluding carboxylic acids is 2. The first-order valence-electron chi connectivity index (χ1n) is 6.56. The molecule has 0 unspecified atom stereocenters. The Labute approximate surface area is 113 Å². The minimum atomic E-state index is -0.990. The number of rotatable bonds is 6. The summed E-state index contributed by atoms with van der Waals surface area (Å²) in [5.74, 6) is -2.10. The van der Waals surface area contributed by atoms with Crippen molar-refractivity contribution in [2.24, 2.45) is 0 Å². The molecule has 1 rings (SSSR count). The summed E-state index contributed by atoms with van der Waals surface area (Å²) in [7, 11) is 0. The molecule has 0 saturated carbocycles. The molecule has 0 atom stereocenters. The fourth-order valence-corrected chi connectivity index (χ4v) is 1.94. The van der Waals surface area contributed by atoms with Crippen LogP contribution in [0.15, 0.2) is 24.3 Å². The average molecular weight is 264 g/mol. The molecule has 0 aliphatic heterocycles. The Morgan fingerprint density at radius 1 is 1.00 bits per heavy atom. The quantitative estimate of drug-likeness (QED) is 0.585. The van der Waals surface area contributed by atoms with Crippen LogP contribution in [0.2, 0.25) is 0 Å². The van der Waals surface area contributed by atoms with Crippen LogP contribution >= 0.6 is 0 Å². The zero-order valence-electron chi connectivity index (χ0n) is 11.6. The van der Waals surface area contributed by atoms with E-state index in [1.54, 1.807) is 26.0 Å². The smallest absolute Gasteiger partial charge is 0.324 e. The van der Waals surface area contributed by atoms with Gasteiger partial charge in [-0.05, 0) is 31.4 Å². The standard InChI is InChI=1S/C15H20O4/c1-4-11-9-7-8-10-12(11)13(14(16)18-5-2)15(17)19-6-3/h7-10,13H,4-6H2,1-3H3. The highest BCUT2D eigenvalue weighted by atomic mass is 16.6. The molecule has 0 spiro atoms. The third-order valence-electron chi connectivity index (χ3n) is 2.79. The summed E-state index contributed by atoms with van der Waals surface area (Å²) in [6, 6.07) is 7.37. The Kier molecular flexibility index (Phi) is 6.06. The number of benzene rings is 1. The number of aryl methyl sites for hydroxylation is 1. The van der Waals surface area contributed by atoms with E-state index in [0.29, 0.717) is 5.56 Å². The highest BCUT2D eigenvalue weighted by Gasteiger charge is 2.32. The normalized spacial score (nSPS) is 10.3. The summed E-state index contributed by atoms with van der Waals surface area (Å²) in [4.78, 5) is 24.0. The van der Waals surface area contributed by atoms with E-state index in [4.69, 9.17) is 9.47 Å². The molecule has 1 aromatic carbocycles. The second-order valence-corrected chi connectivity index (χ2v) is 3.99. The third kappa shape index (κ3) is 3.81. The Morgan fingerprint density at radius 3 is 2.00 bits per heavy atom. The SMILES string of the molecule is CCOC(=O)C(C(=O)OCC)c1ccccc1CC. The van der Waals surface area contributed by atoms with Crippen LogP contribution in [0.4, 0.5) is 0 Å². The lowest BCUT2D eigenvalue weighted by atomic mass is 9.93. The molecule has 0 aromatic heterocycles. The fourth-order valence-electron chi connectivity index (χ4n) is 1.94. The van der Waals surface area contributed by atoms with Gasteiger partial charge in [0.15, 0.2) is 5.92 Å². The van der Waals surface area contributed by atoms with Crippen LogP contribution in [-0.2, 0) is 25.5 Å². The van der Waals surface area contributed by atoms with Gasteiger partial charge >= 0.3 is 11.9 Å². The van der Waals surface area contributed by atoms with Gasteiger partial charge in [-0.15, -0.1) is 0 Å². The van der Waals surface area contributed by atoms with E-state index in [1.165, 1.54) is 0 Å². The molecule has 0 amide bonds. The predicted octanol–water partition coefficient (Wildman–Crippen LogP) is 2.46. The Bertz CT molecular complexity index is 422. The number of hydrogen-bond donors (Lipinski definition) is 0. The van der Waals surface area contributed by atoms with E-state index in [-0.39, 0.29) is 13.2 Å². The highest BCUT2D eigenvalue weighted by Crippen LogP contribution is 2.24. The molecule has 104 valence electrons. The van der Waals surface area contributed by atoms with Gasteiger partial charge in [-0.2, -0.15) is 0 Å². The summed E-state index contributed by atoms with van der Waals surface area (Å²) < 4.78 is 9.97. The van der Waals surface area contributed by atoms with Gasteiger partial charge in [0.1, 0.15) is 0 Å². The van der Waals surface area contributed by atoms with Gasteiger partial charge in [0.25, 0.3) is 0 Å². The molecule has 0 bridgehead atoms. The van der Waals surface area contributed by atoms with Crippen LogP contribution in [0.5, 0.6) is 0 Å². The fraction of sp³-hybridized carbons (Fsp3) is 0.467. The molecule has 0 heterocycles. The second-order valence-electron chi connectivity index (χ2n) is 3.99. The molecular formula is C15H20O4. The molecule has 0 aliphatic rings. The van der Waals surface area contributed by atoms with E-state index >= 15 is 0 Å². The largest absolute Gasteiger partial charge is 0.465 e. The highest BCUT2D eigenvalue weighted by molar-refractivity contribution is 6.01. The van der Waals surface area contributed by atoms with Crippen LogP contribution in [-0.4, -0.2) is 25.2 Å². The van der Waals surface area contributed by atoms with Crippen molar-refractivity contribution in [2.75, 3.05) is 13.2 Å². The molecule has 0 N–H and O–H groups in total. The van der Waals surface area contributed by atoms with Crippen molar-refractivity contribution in [2.45, 2.75) is 33.1 Å². The first-order chi connectivity index (χ1) is 9.15. The predicted molar refractivity (Wildman–Crippen MR) is 71.8 cm³/mol. The average Bonchev–Trinajstić information content (AvgIpc) is 2.40. The van der Waals surface area contributed by atoms with Crippen LogP contribution in [0.1, 0.15) is 37.8 Å². The summed E-state index contributed by atoms with van der Waals surface area (Å²) in [5, 5.41) is 0. The van der Waals surface area contributed by atoms with E-state index in [1.807, 2.05) is 19.1 Å². The lowest BCUT2D eigenvalue weighted by Crippen LogP contribution is -2.27. The van der Waals surface area contributed by atoms with Crippen molar-refractivity contribution in [3.05, 3.63) is 35.4 Å². The summed E-state index contributed by atoms with van der Waals surface area (Å²) in [6.07, 6.45) is 0.742. The van der Waals surface area contributed by atoms with Crippen molar-refractivity contribution in [3.63, 3.8) is 0 Å². The molecule has 1 aromatic rings. The van der Waals surface area contributed by atoms with Crippen LogP contribution in [0.3, 0.4) is 0 Å². The topological polar surface area (TPSA) is 52.6 Å². The molecule has 0 radical (unpaired) electrons. The van der Waals surface area contributed by atoms with Crippen LogP contribution < -0.4 is 0 Å². The molecular weight excluding hydrogens is 244 g/mol. The van der Waals surface area contributed by atoms with Gasteiger partial charge in [0.2, 0.25) is 0 Å². The van der Waals surface area contributed by atoms with Crippen molar-refractivity contribution in [1.82, 2.24) is 0 Å². The van der Waals surface area contributed by atoms with E-state index in [9.17, 15) is 9.59 Å². The van der Waals surface area contributed by atoms with Gasteiger partial charge in [0, 0.05) is 0 Å². The lowest BCUT2D eigenvalue weighted by molar-refractivity contribution is -0.156. The van der Waals surface area contributed by atoms with Crippen molar-refractivity contribution in [1.29, 1.82) is 0 Å². The maximum Gasteiger partial charge on any atom is 0.324 e. The van der Waals surface area contributed by atoms with Gasteiger partial charge in [0.05, 0.1) is 13.2 Å². The van der Waals surface area contributed by atoms with Gasteiger partial charge in [-0.1, -0.05) is 31.2 Å². The van der Waals surface area contributed by atoms with Crippen LogP contribution in [0.25, 0.3) is 0 Å². The number of esters is 2. The van der Waals surface area contributed by atoms with E-state index in [0.717, 1.165) is 12.0 Å². The Morgan fingerprint density at radius 2 is 1.53 bits per heavy atom. The number of ether oxygens (including phenoxy) is 2. The zero-order chi connectivity index (χ0) is 14.3. The molecule has 4 heteroatoms. The first-order valence-corrected chi connectivity index (χ1v) is 6.56. The third-order valence-corrected chi connectivity index (χ3v) is 2.79. The summed E-state index contributed by atoms with van der Waals surface area (Å²) in [6.45, 7) is 5.88. The molecule has 0 aliphatic carbocycles. The van der Waals surface area contributed by atoms with Crippen molar-refractivity contribution in [3.8, 4) is 0 Å². The van der Waals surface area contributed by atoms with E-state index in [2.05, 4.69) is 0 Å². The first kappa shape index (κ1) is 15.2. The minimum Gasteiger partial charge on any atom is -0.465 e. The van der Waals surface area contributed by atoms with Gasteiger partial charge in [-0.3, -0.25) is 9.59 Å². The maximum absolute atomic E-state index is 12.0. The minimum absolute atomic E-state index is 0.239. The second kappa shape index (κ2) is 7.56. The van der Waals surface area contributed by atoms with Gasteiger partial charge < -0.3 is 9.47 Å². The maximum atomic E-state index is 12.0. The number of carbonyl (C=O) groups is 2. The van der Waals surface area contributed by atoms with E-state index < -0.39 is 17.9 Å². The molecule has 19 heavy (non-hydrogen) atoms. The Balaban J connectivity index is 3.14. The monoisotopic (exact) mass is 264 g/mol. The summed E-state index contributed by atoms with van der Waals surface area (Å²) >= 11 is 0. The van der Waals surface area contributed by atoms with Crippen molar-refractivity contribution >= 4 is 11.9 Å². The van der Waals surface area contributed by atoms with Gasteiger partial charge in [-0.25, -0.2) is 0 Å². The van der Waals surface area contributed by atoms with Crippen LogP contribution in [0, 0.1) is 0 Å². The number of hydrogen-bond acceptors (Lipinski definition) is 4. The van der Waals surface area contributed by atoms with Crippen molar-refractivity contribution < 1.29 is 19.1 Å².